The minimum atomic E-state index is -4.87. The number of carbonyl (C=O) groups excluding carboxylic acids is 3. The van der Waals surface area contributed by atoms with E-state index in [0.29, 0.717) is 4.90 Å². The summed E-state index contributed by atoms with van der Waals surface area (Å²) in [5.74, 6) is -4.09. The molecule has 1 aliphatic heterocycles. The van der Waals surface area contributed by atoms with E-state index in [1.54, 1.807) is 0 Å². The fourth-order valence-corrected chi connectivity index (χ4v) is 3.20. The normalized spacial score (nSPS) is 14.4. The highest BCUT2D eigenvalue weighted by atomic mass is 19.4. The molecule has 2 aromatic carbocycles. The Kier molecular flexibility index (Phi) is 5.49. The van der Waals surface area contributed by atoms with Gasteiger partial charge in [0.1, 0.15) is 17.4 Å². The van der Waals surface area contributed by atoms with Crippen molar-refractivity contribution in [3.63, 3.8) is 0 Å². The molecule has 0 saturated heterocycles. The quantitative estimate of drug-likeness (QED) is 0.333. The third-order valence-electron chi connectivity index (χ3n) is 4.72. The van der Waals surface area contributed by atoms with E-state index in [2.05, 4.69) is 5.32 Å². The number of hydrogen-bond acceptors (Lipinski definition) is 5. The summed E-state index contributed by atoms with van der Waals surface area (Å²) in [7, 11) is 0. The fourth-order valence-electron chi connectivity index (χ4n) is 3.20. The van der Waals surface area contributed by atoms with Gasteiger partial charge in [-0.15, -0.1) is 0 Å². The zero-order valence-corrected chi connectivity index (χ0v) is 15.7. The Labute approximate surface area is 171 Å². The van der Waals surface area contributed by atoms with E-state index in [1.807, 2.05) is 0 Å². The molecule has 2 aromatic rings. The molecule has 0 aromatic heterocycles. The number of nitrogens with one attached hydrogen (secondary N) is 1. The first-order valence-corrected chi connectivity index (χ1v) is 8.72. The van der Waals surface area contributed by atoms with Crippen molar-refractivity contribution < 1.29 is 36.9 Å². The van der Waals surface area contributed by atoms with E-state index >= 15 is 0 Å². The topological polar surface area (TPSA) is 110 Å². The Morgan fingerprint density at radius 3 is 2.48 bits per heavy atom. The van der Waals surface area contributed by atoms with Crippen molar-refractivity contribution in [1.29, 1.82) is 0 Å². The van der Waals surface area contributed by atoms with Gasteiger partial charge in [0.15, 0.2) is 0 Å². The maximum Gasteiger partial charge on any atom is 0.416 e. The van der Waals surface area contributed by atoms with Crippen LogP contribution < -0.4 is 5.32 Å². The van der Waals surface area contributed by atoms with Crippen molar-refractivity contribution in [2.24, 2.45) is 0 Å². The molecule has 8 nitrogen and oxygen atoms in total. The van der Waals surface area contributed by atoms with Gasteiger partial charge in [-0.1, -0.05) is 12.1 Å². The molecule has 0 saturated carbocycles. The molecule has 12 heteroatoms. The lowest BCUT2D eigenvalue weighted by molar-refractivity contribution is -0.385. The second-order valence-electron chi connectivity index (χ2n) is 6.63. The molecule has 1 unspecified atom stereocenters. The van der Waals surface area contributed by atoms with E-state index in [-0.39, 0.29) is 11.6 Å². The van der Waals surface area contributed by atoms with Gasteiger partial charge in [0.05, 0.1) is 16.1 Å². The Hall–Kier alpha value is -3.83. The van der Waals surface area contributed by atoms with Crippen LogP contribution >= 0.6 is 0 Å². The lowest BCUT2D eigenvalue weighted by Crippen LogP contribution is -2.47. The molecule has 3 amide bonds. The van der Waals surface area contributed by atoms with Gasteiger partial charge in [0, 0.05) is 12.6 Å². The van der Waals surface area contributed by atoms with Gasteiger partial charge in [-0.05, 0) is 30.7 Å². The fraction of sp³-hybridized carbons (Fsp3) is 0.211. The molecule has 1 aliphatic rings. The summed E-state index contributed by atoms with van der Waals surface area (Å²) in [5.41, 5.74) is -3.02. The second kappa shape index (κ2) is 7.78. The van der Waals surface area contributed by atoms with Crippen molar-refractivity contribution in [2.45, 2.75) is 25.7 Å². The summed E-state index contributed by atoms with van der Waals surface area (Å²) >= 11 is 0. The first-order chi connectivity index (χ1) is 14.4. The Morgan fingerprint density at radius 1 is 1.19 bits per heavy atom. The standard InChI is InChI=1S/C19H13F4N3O5/c1-9(16(27)24-8-10-5-6-11(20)7-13(10)19(21,22)23)25-17(28)12-3-2-4-14(26(30)31)15(12)18(25)29/h2-7,9H,8H2,1H3,(H,24,27). The monoisotopic (exact) mass is 439 g/mol. The van der Waals surface area contributed by atoms with Gasteiger partial charge >= 0.3 is 6.18 Å². The first-order valence-electron chi connectivity index (χ1n) is 8.72. The molecule has 162 valence electrons. The number of rotatable bonds is 5. The predicted octanol–water partition coefficient (Wildman–Crippen LogP) is 3.05. The number of fused-ring (bicyclic) bond motifs is 1. The molecule has 0 spiro atoms. The van der Waals surface area contributed by atoms with Gasteiger partial charge < -0.3 is 5.32 Å². The van der Waals surface area contributed by atoms with Crippen LogP contribution in [0.3, 0.4) is 0 Å². The third kappa shape index (κ3) is 3.96. The predicted molar refractivity (Wildman–Crippen MR) is 96.3 cm³/mol. The van der Waals surface area contributed by atoms with E-state index < -0.39 is 69.6 Å². The van der Waals surface area contributed by atoms with Crippen molar-refractivity contribution >= 4 is 23.4 Å². The molecule has 0 fully saturated rings. The molecule has 31 heavy (non-hydrogen) atoms. The molecule has 0 radical (unpaired) electrons. The number of nitro groups is 1. The summed E-state index contributed by atoms with van der Waals surface area (Å²) in [4.78, 5) is 48.4. The lowest BCUT2D eigenvalue weighted by Gasteiger charge is -2.22. The number of amides is 3. The maximum absolute atomic E-state index is 13.2. The molecule has 1 heterocycles. The van der Waals surface area contributed by atoms with Crippen LogP contribution in [0.5, 0.6) is 0 Å². The number of hydrogen-bond donors (Lipinski definition) is 1. The number of carbonyl (C=O) groups is 3. The molecule has 1 atom stereocenters. The molecular weight excluding hydrogens is 426 g/mol. The van der Waals surface area contributed by atoms with Crippen LogP contribution in [0, 0.1) is 15.9 Å². The van der Waals surface area contributed by atoms with Crippen molar-refractivity contribution in [1.82, 2.24) is 10.2 Å². The minimum Gasteiger partial charge on any atom is -0.350 e. The van der Waals surface area contributed by atoms with Crippen LogP contribution in [0.4, 0.5) is 23.2 Å². The number of alkyl halides is 3. The lowest BCUT2D eigenvalue weighted by atomic mass is 10.1. The highest BCUT2D eigenvalue weighted by Crippen LogP contribution is 2.33. The highest BCUT2D eigenvalue weighted by Gasteiger charge is 2.45. The zero-order valence-electron chi connectivity index (χ0n) is 15.7. The van der Waals surface area contributed by atoms with Crippen LogP contribution in [-0.2, 0) is 17.5 Å². The van der Waals surface area contributed by atoms with Crippen LogP contribution in [-0.4, -0.2) is 33.6 Å². The van der Waals surface area contributed by atoms with Gasteiger partial charge in [0.25, 0.3) is 17.5 Å². The van der Waals surface area contributed by atoms with Crippen LogP contribution in [0.15, 0.2) is 36.4 Å². The van der Waals surface area contributed by atoms with Gasteiger partial charge in [0.2, 0.25) is 5.91 Å². The van der Waals surface area contributed by atoms with E-state index in [1.165, 1.54) is 12.1 Å². The molecule has 0 bridgehead atoms. The molecule has 0 aliphatic carbocycles. The van der Waals surface area contributed by atoms with Crippen molar-refractivity contribution in [3.8, 4) is 0 Å². The largest absolute Gasteiger partial charge is 0.416 e. The zero-order chi connectivity index (χ0) is 23.1. The number of imide groups is 1. The van der Waals surface area contributed by atoms with Gasteiger partial charge in [-0.2, -0.15) is 13.2 Å². The number of nitro benzene ring substituents is 1. The third-order valence-corrected chi connectivity index (χ3v) is 4.72. The molecule has 3 rings (SSSR count). The highest BCUT2D eigenvalue weighted by molar-refractivity contribution is 6.24. The minimum absolute atomic E-state index is 0.253. The summed E-state index contributed by atoms with van der Waals surface area (Å²) in [5, 5.41) is 13.3. The summed E-state index contributed by atoms with van der Waals surface area (Å²) in [6.07, 6.45) is -4.87. The number of benzene rings is 2. The van der Waals surface area contributed by atoms with Crippen molar-refractivity contribution in [2.75, 3.05) is 0 Å². The van der Waals surface area contributed by atoms with Crippen LogP contribution in [0.25, 0.3) is 0 Å². The Morgan fingerprint density at radius 2 is 1.87 bits per heavy atom. The van der Waals surface area contributed by atoms with Crippen LogP contribution in [0.2, 0.25) is 0 Å². The average Bonchev–Trinajstić information content (AvgIpc) is 2.95. The smallest absolute Gasteiger partial charge is 0.350 e. The molecular formula is C19H13F4N3O5. The van der Waals surface area contributed by atoms with E-state index in [0.717, 1.165) is 25.1 Å². The first kappa shape index (κ1) is 21.9. The van der Waals surface area contributed by atoms with E-state index in [4.69, 9.17) is 0 Å². The maximum atomic E-state index is 13.2. The number of nitrogens with zero attached hydrogens (tertiary/aromatic N) is 2. The second-order valence-corrected chi connectivity index (χ2v) is 6.63. The van der Waals surface area contributed by atoms with Crippen molar-refractivity contribution in [3.05, 3.63) is 74.6 Å². The van der Waals surface area contributed by atoms with Gasteiger partial charge in [-0.25, -0.2) is 4.39 Å². The number of halogens is 4. The summed E-state index contributed by atoms with van der Waals surface area (Å²) in [6, 6.07) is 3.91. The average molecular weight is 439 g/mol. The summed E-state index contributed by atoms with van der Waals surface area (Å²) < 4.78 is 52.4. The van der Waals surface area contributed by atoms with Gasteiger partial charge in [-0.3, -0.25) is 29.4 Å². The van der Waals surface area contributed by atoms with Crippen LogP contribution in [0.1, 0.15) is 38.8 Å². The Balaban J connectivity index is 1.81. The Bertz CT molecular complexity index is 1120. The molecule has 1 N–H and O–H groups in total. The summed E-state index contributed by atoms with van der Waals surface area (Å²) in [6.45, 7) is 0.500. The van der Waals surface area contributed by atoms with E-state index in [9.17, 15) is 42.1 Å². The SMILES string of the molecule is CC(C(=O)NCc1ccc(F)cc1C(F)(F)F)N1C(=O)c2cccc([N+](=O)[O-])c2C1=O.